The summed E-state index contributed by atoms with van der Waals surface area (Å²) >= 11 is 1.21. The van der Waals surface area contributed by atoms with Crippen molar-refractivity contribution in [2.75, 3.05) is 5.32 Å². The molecule has 2 heterocycles. The van der Waals surface area contributed by atoms with Crippen LogP contribution in [0.15, 0.2) is 24.5 Å². The van der Waals surface area contributed by atoms with Crippen molar-refractivity contribution < 1.29 is 4.79 Å². The van der Waals surface area contributed by atoms with Crippen LogP contribution in [0.2, 0.25) is 0 Å². The molecule has 0 atom stereocenters. The summed E-state index contributed by atoms with van der Waals surface area (Å²) in [5.74, 6) is 0.864. The molecule has 0 radical (unpaired) electrons. The van der Waals surface area contributed by atoms with Gasteiger partial charge < -0.3 is 5.32 Å². The van der Waals surface area contributed by atoms with E-state index in [-0.39, 0.29) is 11.8 Å². The number of anilines is 1. The molecule has 1 saturated carbocycles. The van der Waals surface area contributed by atoms with Crippen LogP contribution in [-0.4, -0.2) is 20.2 Å². The molecule has 0 saturated heterocycles. The Morgan fingerprint density at radius 1 is 1.33 bits per heavy atom. The van der Waals surface area contributed by atoms with Crippen molar-refractivity contribution >= 4 is 22.6 Å². The van der Waals surface area contributed by atoms with Crippen molar-refractivity contribution in [2.24, 2.45) is 5.92 Å². The molecule has 1 fully saturated rings. The lowest BCUT2D eigenvalue weighted by Crippen LogP contribution is -2.27. The molecular formula is C12H12N4OS. The number of aromatic nitrogens is 3. The standard InChI is InChI=1S/C12H12N4OS/c17-11(9-2-1-3-9)15-12-14-10(16-18-12)8-4-6-13-7-5-8/h4-7,9H,1-3H2,(H,14,15,16,17). The molecule has 0 unspecified atom stereocenters. The quantitative estimate of drug-likeness (QED) is 0.919. The highest BCUT2D eigenvalue weighted by molar-refractivity contribution is 7.10. The highest BCUT2D eigenvalue weighted by atomic mass is 32.1. The van der Waals surface area contributed by atoms with E-state index >= 15 is 0 Å². The topological polar surface area (TPSA) is 67.8 Å². The van der Waals surface area contributed by atoms with Crippen LogP contribution in [0.25, 0.3) is 11.4 Å². The van der Waals surface area contributed by atoms with E-state index in [9.17, 15) is 4.79 Å². The van der Waals surface area contributed by atoms with Gasteiger partial charge in [0.05, 0.1) is 0 Å². The first-order valence-electron chi connectivity index (χ1n) is 5.88. The summed E-state index contributed by atoms with van der Waals surface area (Å²) in [6.45, 7) is 0. The predicted molar refractivity (Wildman–Crippen MR) is 69.1 cm³/mol. The lowest BCUT2D eigenvalue weighted by Gasteiger charge is -2.23. The number of nitrogens with zero attached hydrogens (tertiary/aromatic N) is 3. The van der Waals surface area contributed by atoms with E-state index in [0.29, 0.717) is 11.0 Å². The lowest BCUT2D eigenvalue weighted by atomic mass is 9.85. The van der Waals surface area contributed by atoms with Gasteiger partial charge in [0.15, 0.2) is 5.82 Å². The first-order chi connectivity index (χ1) is 8.83. The van der Waals surface area contributed by atoms with Gasteiger partial charge in [-0.25, -0.2) is 0 Å². The Morgan fingerprint density at radius 3 is 2.78 bits per heavy atom. The molecular weight excluding hydrogens is 248 g/mol. The molecule has 1 N–H and O–H groups in total. The summed E-state index contributed by atoms with van der Waals surface area (Å²) in [5, 5.41) is 3.39. The van der Waals surface area contributed by atoms with Gasteiger partial charge in [-0.2, -0.15) is 9.36 Å². The summed E-state index contributed by atoms with van der Waals surface area (Å²) in [6.07, 6.45) is 6.52. The maximum atomic E-state index is 11.8. The second-order valence-corrected chi connectivity index (χ2v) is 5.03. The predicted octanol–water partition coefficient (Wildman–Crippen LogP) is 2.34. The van der Waals surface area contributed by atoms with E-state index in [1.54, 1.807) is 12.4 Å². The monoisotopic (exact) mass is 260 g/mol. The molecule has 92 valence electrons. The highest BCUT2D eigenvalue weighted by Crippen LogP contribution is 2.28. The Kier molecular flexibility index (Phi) is 3.02. The smallest absolute Gasteiger partial charge is 0.229 e. The molecule has 0 bridgehead atoms. The zero-order valence-electron chi connectivity index (χ0n) is 9.67. The second-order valence-electron chi connectivity index (χ2n) is 4.28. The van der Waals surface area contributed by atoms with Gasteiger partial charge >= 0.3 is 0 Å². The van der Waals surface area contributed by atoms with E-state index in [0.717, 1.165) is 24.8 Å². The third-order valence-corrected chi connectivity index (χ3v) is 3.70. The van der Waals surface area contributed by atoms with Gasteiger partial charge in [0.25, 0.3) is 0 Å². The third-order valence-electron chi connectivity index (χ3n) is 3.07. The number of carbonyl (C=O) groups excluding carboxylic acids is 1. The zero-order chi connectivity index (χ0) is 12.4. The van der Waals surface area contributed by atoms with E-state index < -0.39 is 0 Å². The summed E-state index contributed by atoms with van der Waals surface area (Å²) < 4.78 is 4.23. The van der Waals surface area contributed by atoms with Gasteiger partial charge in [0.1, 0.15) is 0 Å². The first-order valence-corrected chi connectivity index (χ1v) is 6.65. The Bertz CT molecular complexity index is 550. The van der Waals surface area contributed by atoms with Crippen molar-refractivity contribution in [3.8, 4) is 11.4 Å². The van der Waals surface area contributed by atoms with Crippen LogP contribution in [0.1, 0.15) is 19.3 Å². The second kappa shape index (κ2) is 4.81. The molecule has 6 heteroatoms. The number of rotatable bonds is 3. The lowest BCUT2D eigenvalue weighted by molar-refractivity contribution is -0.122. The van der Waals surface area contributed by atoms with Gasteiger partial charge in [-0.05, 0) is 25.0 Å². The number of amides is 1. The Morgan fingerprint density at radius 2 is 2.11 bits per heavy atom. The van der Waals surface area contributed by atoms with Crippen LogP contribution in [0, 0.1) is 5.92 Å². The number of carbonyl (C=O) groups is 1. The average molecular weight is 260 g/mol. The maximum Gasteiger partial charge on any atom is 0.229 e. The van der Waals surface area contributed by atoms with Crippen LogP contribution in [0.3, 0.4) is 0 Å². The first kappa shape index (κ1) is 11.3. The number of pyridine rings is 1. The SMILES string of the molecule is O=C(Nc1nc(-c2ccncc2)ns1)C1CCC1. The van der Waals surface area contributed by atoms with Gasteiger partial charge in [0, 0.05) is 35.4 Å². The van der Waals surface area contributed by atoms with Crippen LogP contribution in [0.4, 0.5) is 5.13 Å². The highest BCUT2D eigenvalue weighted by Gasteiger charge is 2.25. The molecule has 18 heavy (non-hydrogen) atoms. The van der Waals surface area contributed by atoms with Gasteiger partial charge in [0.2, 0.25) is 11.0 Å². The molecule has 0 aromatic carbocycles. The van der Waals surface area contributed by atoms with E-state index in [1.807, 2.05) is 12.1 Å². The fraction of sp³-hybridized carbons (Fsp3) is 0.333. The van der Waals surface area contributed by atoms with Crippen molar-refractivity contribution in [3.63, 3.8) is 0 Å². The number of hydrogen-bond acceptors (Lipinski definition) is 5. The fourth-order valence-electron chi connectivity index (χ4n) is 1.77. The van der Waals surface area contributed by atoms with E-state index in [4.69, 9.17) is 0 Å². The van der Waals surface area contributed by atoms with Crippen LogP contribution in [0.5, 0.6) is 0 Å². The largest absolute Gasteiger partial charge is 0.300 e. The Hall–Kier alpha value is -1.82. The normalized spacial score (nSPS) is 15.1. The van der Waals surface area contributed by atoms with Crippen LogP contribution >= 0.6 is 11.5 Å². The minimum Gasteiger partial charge on any atom is -0.300 e. The number of hydrogen-bond donors (Lipinski definition) is 1. The molecule has 5 nitrogen and oxygen atoms in total. The molecule has 1 aliphatic carbocycles. The van der Waals surface area contributed by atoms with Crippen LogP contribution in [-0.2, 0) is 4.79 Å². The molecule has 1 aliphatic rings. The summed E-state index contributed by atoms with van der Waals surface area (Å²) in [7, 11) is 0. The van der Waals surface area contributed by atoms with Crippen molar-refractivity contribution in [1.29, 1.82) is 0 Å². The summed E-state index contributed by atoms with van der Waals surface area (Å²) in [6, 6.07) is 3.69. The minimum atomic E-state index is 0.0682. The molecule has 2 aromatic rings. The third kappa shape index (κ3) is 2.24. The molecule has 2 aromatic heterocycles. The van der Waals surface area contributed by atoms with Crippen molar-refractivity contribution in [1.82, 2.24) is 14.3 Å². The maximum absolute atomic E-state index is 11.8. The number of nitrogens with one attached hydrogen (secondary N) is 1. The minimum absolute atomic E-state index is 0.0682. The molecule has 3 rings (SSSR count). The summed E-state index contributed by atoms with van der Waals surface area (Å²) in [4.78, 5) is 20.0. The van der Waals surface area contributed by atoms with Gasteiger partial charge in [-0.3, -0.25) is 9.78 Å². The summed E-state index contributed by atoms with van der Waals surface area (Å²) in [5.41, 5.74) is 0.908. The zero-order valence-corrected chi connectivity index (χ0v) is 10.5. The van der Waals surface area contributed by atoms with Gasteiger partial charge in [-0.1, -0.05) is 6.42 Å². The van der Waals surface area contributed by atoms with Crippen molar-refractivity contribution in [2.45, 2.75) is 19.3 Å². The molecule has 0 aliphatic heterocycles. The fourth-order valence-corrected chi connectivity index (χ4v) is 2.36. The molecule has 1 amide bonds. The van der Waals surface area contributed by atoms with E-state index in [1.165, 1.54) is 11.5 Å². The van der Waals surface area contributed by atoms with Crippen molar-refractivity contribution in [3.05, 3.63) is 24.5 Å². The van der Waals surface area contributed by atoms with E-state index in [2.05, 4.69) is 19.7 Å². The van der Waals surface area contributed by atoms with Gasteiger partial charge in [-0.15, -0.1) is 0 Å². The molecule has 0 spiro atoms. The average Bonchev–Trinajstić information content (AvgIpc) is 2.76. The van der Waals surface area contributed by atoms with Crippen LogP contribution < -0.4 is 5.32 Å². The Labute approximate surface area is 108 Å². The Balaban J connectivity index is 1.71.